The lowest BCUT2D eigenvalue weighted by Gasteiger charge is -2.24. The molecule has 5 N–H and O–H groups in total. The lowest BCUT2D eigenvalue weighted by Crippen LogP contribution is -2.30. The van der Waals surface area contributed by atoms with Crippen LogP contribution in [0, 0.1) is 0 Å². The van der Waals surface area contributed by atoms with Gasteiger partial charge in [0.15, 0.2) is 5.78 Å². The second kappa shape index (κ2) is 9.15. The Hall–Kier alpha value is -2.08. The maximum absolute atomic E-state index is 12.3. The van der Waals surface area contributed by atoms with E-state index < -0.39 is 12.0 Å². The monoisotopic (exact) mass is 321 g/mol. The van der Waals surface area contributed by atoms with Crippen LogP contribution in [-0.4, -0.2) is 36.0 Å². The Morgan fingerprint density at radius 2 is 1.83 bits per heavy atom. The van der Waals surface area contributed by atoms with Crippen molar-refractivity contribution in [2.75, 3.05) is 23.7 Å². The Bertz CT molecular complexity index is 540. The van der Waals surface area contributed by atoms with Gasteiger partial charge in [0, 0.05) is 36.4 Å². The number of benzene rings is 1. The molecule has 6 heteroatoms. The molecule has 0 amide bonds. The Balaban J connectivity index is 2.91. The number of carboxylic acids is 1. The van der Waals surface area contributed by atoms with Gasteiger partial charge < -0.3 is 21.5 Å². The zero-order valence-corrected chi connectivity index (χ0v) is 13.9. The van der Waals surface area contributed by atoms with E-state index in [4.69, 9.17) is 16.6 Å². The minimum absolute atomic E-state index is 0.0721. The zero-order valence-electron chi connectivity index (χ0n) is 13.9. The highest BCUT2D eigenvalue weighted by atomic mass is 16.4. The van der Waals surface area contributed by atoms with Crippen molar-refractivity contribution < 1.29 is 14.7 Å². The Morgan fingerprint density at radius 1 is 1.22 bits per heavy atom. The topological polar surface area (TPSA) is 110 Å². The molecule has 0 saturated carbocycles. The smallest absolute Gasteiger partial charge is 0.320 e. The molecule has 0 fully saturated rings. The number of ketones is 1. The lowest BCUT2D eigenvalue weighted by molar-refractivity contribution is -0.138. The molecule has 0 aliphatic rings. The lowest BCUT2D eigenvalue weighted by atomic mass is 10.0. The third-order valence-electron chi connectivity index (χ3n) is 3.69. The third kappa shape index (κ3) is 5.56. The third-order valence-corrected chi connectivity index (χ3v) is 3.69. The van der Waals surface area contributed by atoms with Gasteiger partial charge >= 0.3 is 5.97 Å². The minimum Gasteiger partial charge on any atom is -0.480 e. The second-order valence-corrected chi connectivity index (χ2v) is 5.67. The Kier molecular flexibility index (Phi) is 7.54. The zero-order chi connectivity index (χ0) is 17.4. The van der Waals surface area contributed by atoms with Crippen molar-refractivity contribution in [3.8, 4) is 0 Å². The van der Waals surface area contributed by atoms with Gasteiger partial charge in [0.25, 0.3) is 0 Å². The van der Waals surface area contributed by atoms with Crippen LogP contribution in [0.15, 0.2) is 18.2 Å². The molecule has 1 aromatic carbocycles. The van der Waals surface area contributed by atoms with Gasteiger partial charge in [-0.05, 0) is 37.5 Å². The van der Waals surface area contributed by atoms with Gasteiger partial charge in [-0.1, -0.05) is 13.8 Å². The number of nitrogen functional groups attached to an aromatic ring is 1. The van der Waals surface area contributed by atoms with Crippen molar-refractivity contribution in [2.45, 2.75) is 45.6 Å². The van der Waals surface area contributed by atoms with Crippen molar-refractivity contribution in [1.29, 1.82) is 0 Å². The van der Waals surface area contributed by atoms with Gasteiger partial charge in [-0.3, -0.25) is 9.59 Å². The molecule has 0 spiro atoms. The van der Waals surface area contributed by atoms with Crippen LogP contribution in [0.5, 0.6) is 0 Å². The van der Waals surface area contributed by atoms with Crippen LogP contribution in [0.4, 0.5) is 11.4 Å². The molecule has 0 aliphatic heterocycles. The quantitative estimate of drug-likeness (QED) is 0.450. The standard InChI is InChI=1S/C17H27N3O3/c1-3-9-20(10-4-2)12-5-6-14(18)13(11-12)16(21)8-7-15(19)17(22)23/h5-6,11,15H,3-4,7-10,18-19H2,1-2H3,(H,22,23). The highest BCUT2D eigenvalue weighted by Crippen LogP contribution is 2.23. The average Bonchev–Trinajstić information content (AvgIpc) is 2.52. The number of aliphatic carboxylic acids is 1. The molecule has 1 unspecified atom stereocenters. The molecular weight excluding hydrogens is 294 g/mol. The first-order valence-corrected chi connectivity index (χ1v) is 8.06. The van der Waals surface area contributed by atoms with E-state index in [1.165, 1.54) is 0 Å². The predicted octanol–water partition coefficient (Wildman–Crippen LogP) is 2.27. The largest absolute Gasteiger partial charge is 0.480 e. The first-order valence-electron chi connectivity index (χ1n) is 8.06. The van der Waals surface area contributed by atoms with Crippen molar-refractivity contribution in [3.63, 3.8) is 0 Å². The van der Waals surface area contributed by atoms with E-state index in [0.29, 0.717) is 11.3 Å². The molecule has 0 saturated heterocycles. The Labute approximate surface area is 137 Å². The number of hydrogen-bond donors (Lipinski definition) is 3. The van der Waals surface area contributed by atoms with Crippen LogP contribution in [0.1, 0.15) is 49.9 Å². The summed E-state index contributed by atoms with van der Waals surface area (Å²) in [5, 5.41) is 8.79. The predicted molar refractivity (Wildman–Crippen MR) is 92.8 cm³/mol. The second-order valence-electron chi connectivity index (χ2n) is 5.67. The summed E-state index contributed by atoms with van der Waals surface area (Å²) in [6.07, 6.45) is 2.20. The van der Waals surface area contributed by atoms with Crippen LogP contribution < -0.4 is 16.4 Å². The van der Waals surface area contributed by atoms with Crippen LogP contribution >= 0.6 is 0 Å². The van der Waals surface area contributed by atoms with Crippen LogP contribution in [0.25, 0.3) is 0 Å². The van der Waals surface area contributed by atoms with Gasteiger partial charge in [0.05, 0.1) is 0 Å². The molecule has 0 heterocycles. The molecule has 128 valence electrons. The van der Waals surface area contributed by atoms with Gasteiger partial charge in [0.2, 0.25) is 0 Å². The number of rotatable bonds is 10. The summed E-state index contributed by atoms with van der Waals surface area (Å²) in [6.45, 7) is 6.04. The number of hydrogen-bond acceptors (Lipinski definition) is 5. The number of anilines is 2. The molecule has 1 rings (SSSR count). The highest BCUT2D eigenvalue weighted by molar-refractivity contribution is 6.01. The maximum atomic E-state index is 12.3. The molecule has 0 aromatic heterocycles. The number of carbonyl (C=O) groups excluding carboxylic acids is 1. The van der Waals surface area contributed by atoms with E-state index in [-0.39, 0.29) is 18.6 Å². The summed E-state index contributed by atoms with van der Waals surface area (Å²) in [6, 6.07) is 4.42. The van der Waals surface area contributed by atoms with E-state index in [1.807, 2.05) is 6.07 Å². The normalized spacial score (nSPS) is 12.0. The van der Waals surface area contributed by atoms with E-state index in [2.05, 4.69) is 18.7 Å². The molecule has 1 atom stereocenters. The van der Waals surface area contributed by atoms with Gasteiger partial charge in [-0.2, -0.15) is 0 Å². The number of Topliss-reactive ketones (excluding diaryl/α,β-unsaturated/α-hetero) is 1. The number of nitrogens with two attached hydrogens (primary N) is 2. The summed E-state index contributed by atoms with van der Waals surface area (Å²) in [5.74, 6) is -1.27. The molecule has 0 radical (unpaired) electrons. The first-order chi connectivity index (χ1) is 10.9. The van der Waals surface area contributed by atoms with Crippen LogP contribution in [-0.2, 0) is 4.79 Å². The summed E-state index contributed by atoms with van der Waals surface area (Å²) in [4.78, 5) is 25.3. The van der Waals surface area contributed by atoms with E-state index in [9.17, 15) is 9.59 Å². The van der Waals surface area contributed by atoms with E-state index >= 15 is 0 Å². The highest BCUT2D eigenvalue weighted by Gasteiger charge is 2.17. The van der Waals surface area contributed by atoms with Crippen LogP contribution in [0.3, 0.4) is 0 Å². The van der Waals surface area contributed by atoms with Crippen molar-refractivity contribution >= 4 is 23.1 Å². The number of carbonyl (C=O) groups is 2. The maximum Gasteiger partial charge on any atom is 0.320 e. The van der Waals surface area contributed by atoms with Crippen molar-refractivity contribution in [2.24, 2.45) is 5.73 Å². The fourth-order valence-electron chi connectivity index (χ4n) is 2.44. The van der Waals surface area contributed by atoms with E-state index in [1.54, 1.807) is 12.1 Å². The van der Waals surface area contributed by atoms with E-state index in [0.717, 1.165) is 31.6 Å². The van der Waals surface area contributed by atoms with Crippen molar-refractivity contribution in [3.05, 3.63) is 23.8 Å². The average molecular weight is 321 g/mol. The molecule has 1 aromatic rings. The molecule has 0 bridgehead atoms. The Morgan fingerprint density at radius 3 is 2.35 bits per heavy atom. The molecule has 0 aliphatic carbocycles. The number of nitrogens with zero attached hydrogens (tertiary/aromatic N) is 1. The van der Waals surface area contributed by atoms with Crippen molar-refractivity contribution in [1.82, 2.24) is 0 Å². The fourth-order valence-corrected chi connectivity index (χ4v) is 2.44. The van der Waals surface area contributed by atoms with Gasteiger partial charge in [0.1, 0.15) is 6.04 Å². The van der Waals surface area contributed by atoms with Gasteiger partial charge in [-0.15, -0.1) is 0 Å². The summed E-state index contributed by atoms with van der Waals surface area (Å²) in [7, 11) is 0. The summed E-state index contributed by atoms with van der Waals surface area (Å²) in [5.41, 5.74) is 13.2. The minimum atomic E-state index is -1.10. The van der Waals surface area contributed by atoms with Gasteiger partial charge in [-0.25, -0.2) is 0 Å². The summed E-state index contributed by atoms with van der Waals surface area (Å²) >= 11 is 0. The molecular formula is C17H27N3O3. The number of carboxylic acid groups (broad SMARTS) is 1. The summed E-state index contributed by atoms with van der Waals surface area (Å²) < 4.78 is 0. The first kappa shape index (κ1) is 19.0. The molecule has 6 nitrogen and oxygen atoms in total. The van der Waals surface area contributed by atoms with Crippen LogP contribution in [0.2, 0.25) is 0 Å². The SMILES string of the molecule is CCCN(CCC)c1ccc(N)c(C(=O)CCC(N)C(=O)O)c1. The molecule has 23 heavy (non-hydrogen) atoms. The fraction of sp³-hybridized carbons (Fsp3) is 0.529.